The zero-order valence-electron chi connectivity index (χ0n) is 12.4. The Kier molecular flexibility index (Phi) is 3.67. The van der Waals surface area contributed by atoms with Crippen molar-refractivity contribution in [3.8, 4) is 0 Å². The highest BCUT2D eigenvalue weighted by Gasteiger charge is 2.24. The molecule has 6 heteroatoms. The smallest absolute Gasteiger partial charge is 0.282 e. The Labute approximate surface area is 131 Å². The van der Waals surface area contributed by atoms with Crippen molar-refractivity contribution < 1.29 is 14.8 Å². The van der Waals surface area contributed by atoms with Crippen LogP contribution < -0.4 is 0 Å². The molecular formula is C17H14N2O4. The summed E-state index contributed by atoms with van der Waals surface area (Å²) in [6.45, 7) is 1.52. The summed E-state index contributed by atoms with van der Waals surface area (Å²) < 4.78 is 1.42. The van der Waals surface area contributed by atoms with Gasteiger partial charge in [0.25, 0.3) is 11.6 Å². The monoisotopic (exact) mass is 310 g/mol. The molecule has 3 rings (SSSR count). The number of hydrogen-bond acceptors (Lipinski definition) is 4. The number of aliphatic hydroxyl groups is 1. The SMILES string of the molecule is Cc1c(CO)c2ccccc2n1C(=O)c1ccccc1[N+](=O)[O-]. The molecule has 0 aliphatic carbocycles. The maximum atomic E-state index is 12.9. The van der Waals surface area contributed by atoms with E-state index in [9.17, 15) is 20.0 Å². The number of aromatic nitrogens is 1. The molecule has 1 heterocycles. The van der Waals surface area contributed by atoms with Crippen LogP contribution >= 0.6 is 0 Å². The van der Waals surface area contributed by atoms with Crippen LogP contribution in [-0.2, 0) is 6.61 Å². The second-order valence-electron chi connectivity index (χ2n) is 5.15. The third-order valence-corrected chi connectivity index (χ3v) is 3.93. The van der Waals surface area contributed by atoms with Gasteiger partial charge in [0.2, 0.25) is 0 Å². The molecule has 3 aromatic rings. The van der Waals surface area contributed by atoms with Crippen molar-refractivity contribution in [3.63, 3.8) is 0 Å². The predicted octanol–water partition coefficient (Wildman–Crippen LogP) is 3.04. The number of carbonyl (C=O) groups is 1. The van der Waals surface area contributed by atoms with E-state index in [2.05, 4.69) is 0 Å². The van der Waals surface area contributed by atoms with E-state index in [0.29, 0.717) is 16.8 Å². The van der Waals surface area contributed by atoms with E-state index in [1.807, 2.05) is 12.1 Å². The van der Waals surface area contributed by atoms with Crippen LogP contribution in [0.3, 0.4) is 0 Å². The van der Waals surface area contributed by atoms with E-state index in [4.69, 9.17) is 0 Å². The largest absolute Gasteiger partial charge is 0.392 e. The highest BCUT2D eigenvalue weighted by atomic mass is 16.6. The molecule has 0 amide bonds. The molecule has 23 heavy (non-hydrogen) atoms. The number of aliphatic hydroxyl groups excluding tert-OH is 1. The van der Waals surface area contributed by atoms with Gasteiger partial charge in [-0.2, -0.15) is 0 Å². The van der Waals surface area contributed by atoms with Crippen LogP contribution in [0.15, 0.2) is 48.5 Å². The molecule has 0 aliphatic heterocycles. The van der Waals surface area contributed by atoms with Crippen molar-refractivity contribution in [1.29, 1.82) is 0 Å². The van der Waals surface area contributed by atoms with E-state index in [1.165, 1.54) is 22.8 Å². The Bertz CT molecular complexity index is 927. The van der Waals surface area contributed by atoms with Crippen molar-refractivity contribution in [2.75, 3.05) is 0 Å². The maximum Gasteiger partial charge on any atom is 0.282 e. The Morgan fingerprint density at radius 3 is 2.52 bits per heavy atom. The first-order valence-corrected chi connectivity index (χ1v) is 7.04. The Morgan fingerprint density at radius 1 is 1.17 bits per heavy atom. The summed E-state index contributed by atoms with van der Waals surface area (Å²) in [5, 5.41) is 21.5. The molecule has 0 bridgehead atoms. The molecule has 2 aromatic carbocycles. The van der Waals surface area contributed by atoms with Crippen molar-refractivity contribution in [3.05, 3.63) is 75.5 Å². The van der Waals surface area contributed by atoms with Crippen LogP contribution in [0.25, 0.3) is 10.9 Å². The van der Waals surface area contributed by atoms with Crippen molar-refractivity contribution in [1.82, 2.24) is 4.57 Å². The summed E-state index contributed by atoms with van der Waals surface area (Å²) in [7, 11) is 0. The third-order valence-electron chi connectivity index (χ3n) is 3.93. The quantitative estimate of drug-likeness (QED) is 0.595. The van der Waals surface area contributed by atoms with E-state index in [1.54, 1.807) is 25.1 Å². The van der Waals surface area contributed by atoms with Gasteiger partial charge in [0.1, 0.15) is 5.56 Å². The minimum atomic E-state index is -0.568. The van der Waals surface area contributed by atoms with Gasteiger partial charge in [0.15, 0.2) is 0 Å². The second kappa shape index (κ2) is 5.66. The molecule has 0 aliphatic rings. The van der Waals surface area contributed by atoms with E-state index in [-0.39, 0.29) is 17.9 Å². The van der Waals surface area contributed by atoms with Gasteiger partial charge >= 0.3 is 0 Å². The van der Waals surface area contributed by atoms with Crippen LogP contribution in [0.1, 0.15) is 21.6 Å². The van der Waals surface area contributed by atoms with Crippen LogP contribution in [0, 0.1) is 17.0 Å². The fourth-order valence-corrected chi connectivity index (χ4v) is 2.83. The zero-order valence-corrected chi connectivity index (χ0v) is 12.4. The lowest BCUT2D eigenvalue weighted by atomic mass is 10.1. The van der Waals surface area contributed by atoms with Crippen LogP contribution in [0.2, 0.25) is 0 Å². The minimum absolute atomic E-state index is 0.0193. The summed E-state index contributed by atoms with van der Waals surface area (Å²) in [6, 6.07) is 13.0. The predicted molar refractivity (Wildman–Crippen MR) is 85.4 cm³/mol. The van der Waals surface area contributed by atoms with Crippen LogP contribution in [0.4, 0.5) is 5.69 Å². The molecule has 0 unspecified atom stereocenters. The van der Waals surface area contributed by atoms with E-state index >= 15 is 0 Å². The van der Waals surface area contributed by atoms with Gasteiger partial charge < -0.3 is 5.11 Å². The average molecular weight is 310 g/mol. The lowest BCUT2D eigenvalue weighted by Gasteiger charge is -2.07. The Hall–Kier alpha value is -2.99. The van der Waals surface area contributed by atoms with E-state index in [0.717, 1.165) is 5.39 Å². The number of carbonyl (C=O) groups excluding carboxylic acids is 1. The van der Waals surface area contributed by atoms with E-state index < -0.39 is 10.8 Å². The normalized spacial score (nSPS) is 10.9. The molecule has 116 valence electrons. The molecule has 0 fully saturated rings. The topological polar surface area (TPSA) is 85.4 Å². The number of fused-ring (bicyclic) bond motifs is 1. The van der Waals surface area contributed by atoms with Gasteiger partial charge in [-0.25, -0.2) is 0 Å². The first kappa shape index (κ1) is 14.9. The average Bonchev–Trinajstić information content (AvgIpc) is 2.85. The zero-order chi connectivity index (χ0) is 16.6. The highest BCUT2D eigenvalue weighted by molar-refractivity contribution is 6.06. The molecule has 6 nitrogen and oxygen atoms in total. The van der Waals surface area contributed by atoms with Crippen molar-refractivity contribution in [2.45, 2.75) is 13.5 Å². The molecule has 0 atom stereocenters. The van der Waals surface area contributed by atoms with Gasteiger partial charge in [-0.1, -0.05) is 30.3 Å². The lowest BCUT2D eigenvalue weighted by Crippen LogP contribution is -2.15. The van der Waals surface area contributed by atoms with Gasteiger partial charge in [0, 0.05) is 22.7 Å². The van der Waals surface area contributed by atoms with Crippen molar-refractivity contribution in [2.24, 2.45) is 0 Å². The number of benzene rings is 2. The van der Waals surface area contributed by atoms with Gasteiger partial charge in [-0.3, -0.25) is 19.5 Å². The maximum absolute atomic E-state index is 12.9. The van der Waals surface area contributed by atoms with Gasteiger partial charge in [0.05, 0.1) is 17.0 Å². The summed E-state index contributed by atoms with van der Waals surface area (Å²) in [5.74, 6) is -0.481. The fraction of sp³-hybridized carbons (Fsp3) is 0.118. The summed E-state index contributed by atoms with van der Waals surface area (Å²) in [6.07, 6.45) is 0. The molecule has 0 radical (unpaired) electrons. The first-order valence-electron chi connectivity index (χ1n) is 7.04. The third kappa shape index (κ3) is 2.29. The van der Waals surface area contributed by atoms with Crippen LogP contribution in [-0.4, -0.2) is 20.5 Å². The van der Waals surface area contributed by atoms with Gasteiger partial charge in [-0.05, 0) is 19.1 Å². The number of para-hydroxylation sites is 2. The molecular weight excluding hydrogens is 296 g/mol. The Balaban J connectivity index is 2.28. The standard InChI is InChI=1S/C17H14N2O4/c1-11-14(10-20)12-6-2-4-8-15(12)18(11)17(21)13-7-3-5-9-16(13)19(22)23/h2-9,20H,10H2,1H3. The molecule has 0 saturated carbocycles. The number of nitro groups is 1. The van der Waals surface area contributed by atoms with Crippen LogP contribution in [0.5, 0.6) is 0 Å². The molecule has 1 N–H and O–H groups in total. The number of nitrogens with zero attached hydrogens (tertiary/aromatic N) is 2. The first-order chi connectivity index (χ1) is 11.1. The summed E-state index contributed by atoms with van der Waals surface area (Å²) >= 11 is 0. The summed E-state index contributed by atoms with van der Waals surface area (Å²) in [5.41, 5.74) is 1.63. The second-order valence-corrected chi connectivity index (χ2v) is 5.15. The number of hydrogen-bond donors (Lipinski definition) is 1. The minimum Gasteiger partial charge on any atom is -0.392 e. The van der Waals surface area contributed by atoms with Crippen molar-refractivity contribution >= 4 is 22.5 Å². The molecule has 0 saturated heterocycles. The fourth-order valence-electron chi connectivity index (χ4n) is 2.83. The Morgan fingerprint density at radius 2 is 1.83 bits per heavy atom. The number of rotatable bonds is 3. The highest BCUT2D eigenvalue weighted by Crippen LogP contribution is 2.28. The molecule has 1 aromatic heterocycles. The number of nitro benzene ring substituents is 1. The lowest BCUT2D eigenvalue weighted by molar-refractivity contribution is -0.385. The molecule has 0 spiro atoms. The van der Waals surface area contributed by atoms with Gasteiger partial charge in [-0.15, -0.1) is 0 Å². The summed E-state index contributed by atoms with van der Waals surface area (Å²) in [4.78, 5) is 23.5.